The van der Waals surface area contributed by atoms with E-state index in [1.54, 1.807) is 24.3 Å². The van der Waals surface area contributed by atoms with Crippen molar-refractivity contribution < 1.29 is 14.3 Å². The number of allylic oxidation sites excluding steroid dienone is 6. The molecule has 0 aliphatic rings. The summed E-state index contributed by atoms with van der Waals surface area (Å²) in [6.45, 7) is 13.8. The van der Waals surface area contributed by atoms with Gasteiger partial charge in [-0.2, -0.15) is 0 Å². The maximum atomic E-state index is 13.3. The van der Waals surface area contributed by atoms with Crippen LogP contribution in [0.25, 0.3) is 5.57 Å². The van der Waals surface area contributed by atoms with Crippen molar-refractivity contribution in [3.05, 3.63) is 76.9 Å². The average molecular weight is 384 g/mol. The van der Waals surface area contributed by atoms with Gasteiger partial charge in [0.1, 0.15) is 11.6 Å². The highest BCUT2D eigenvalue weighted by atomic mass is 19.1. The first-order valence-electron chi connectivity index (χ1n) is 9.48. The van der Waals surface area contributed by atoms with Gasteiger partial charge < -0.3 is 5.11 Å². The van der Waals surface area contributed by atoms with Crippen molar-refractivity contribution >= 4 is 17.6 Å². The fourth-order valence-electron chi connectivity index (χ4n) is 2.83. The molecular weight excluding hydrogens is 353 g/mol. The van der Waals surface area contributed by atoms with Gasteiger partial charge in [0.25, 0.3) is 0 Å². The lowest BCUT2D eigenvalue weighted by atomic mass is 9.89. The SMILES string of the molecule is C=C/C(=C(C)/C(=C/C(O)=C(\C=NCCC)C(C)=O)C(C)C)c1ccc(F)cc1. The Bertz CT molecular complexity index is 825. The number of ketones is 1. The highest BCUT2D eigenvalue weighted by Gasteiger charge is 2.14. The molecule has 0 atom stereocenters. The first-order valence-corrected chi connectivity index (χ1v) is 9.48. The molecule has 0 spiro atoms. The van der Waals surface area contributed by atoms with Crippen molar-refractivity contribution in [1.29, 1.82) is 0 Å². The fraction of sp³-hybridized carbons (Fsp3) is 0.333. The Kier molecular flexibility index (Phi) is 9.29. The summed E-state index contributed by atoms with van der Waals surface area (Å²) >= 11 is 0. The standard InChI is InChI=1S/C24H30FNO2/c1-7-13-26-15-23(18(6)27)24(28)14-22(16(3)4)17(5)21(8-2)19-9-11-20(25)12-10-19/h8-12,14-16,28H,2,7,13H2,1,3-6H3/b21-17-,22-14+,24-23-,26-15?. The number of rotatable bonds is 9. The molecule has 1 N–H and O–H groups in total. The maximum Gasteiger partial charge on any atom is 0.165 e. The van der Waals surface area contributed by atoms with Crippen molar-refractivity contribution in [2.24, 2.45) is 10.9 Å². The number of nitrogens with zero attached hydrogens (tertiary/aromatic N) is 1. The Morgan fingerprint density at radius 2 is 1.86 bits per heavy atom. The molecule has 0 unspecified atom stereocenters. The van der Waals surface area contributed by atoms with E-state index in [0.29, 0.717) is 6.54 Å². The van der Waals surface area contributed by atoms with Crippen molar-refractivity contribution in [3.8, 4) is 0 Å². The van der Waals surface area contributed by atoms with Crippen LogP contribution in [0.3, 0.4) is 0 Å². The zero-order chi connectivity index (χ0) is 21.3. The minimum absolute atomic E-state index is 0.0818. The second kappa shape index (κ2) is 11.2. The van der Waals surface area contributed by atoms with E-state index >= 15 is 0 Å². The summed E-state index contributed by atoms with van der Waals surface area (Å²) in [7, 11) is 0. The van der Waals surface area contributed by atoms with Crippen LogP contribution in [-0.2, 0) is 4.79 Å². The molecule has 0 aliphatic carbocycles. The zero-order valence-corrected chi connectivity index (χ0v) is 17.4. The van der Waals surface area contributed by atoms with Crippen LogP contribution in [0.2, 0.25) is 0 Å². The Balaban J connectivity index is 3.55. The van der Waals surface area contributed by atoms with Crippen LogP contribution in [0.5, 0.6) is 0 Å². The lowest BCUT2D eigenvalue weighted by molar-refractivity contribution is -0.113. The highest BCUT2D eigenvalue weighted by Crippen LogP contribution is 2.30. The summed E-state index contributed by atoms with van der Waals surface area (Å²) < 4.78 is 13.3. The minimum atomic E-state index is -0.303. The van der Waals surface area contributed by atoms with Gasteiger partial charge in [-0.15, -0.1) is 0 Å². The number of hydrogen-bond donors (Lipinski definition) is 1. The van der Waals surface area contributed by atoms with E-state index in [1.807, 2.05) is 27.7 Å². The molecule has 28 heavy (non-hydrogen) atoms. The number of aliphatic imine (C=N–C) groups is 1. The molecule has 0 aromatic heterocycles. The quantitative estimate of drug-likeness (QED) is 0.237. The average Bonchev–Trinajstić information content (AvgIpc) is 2.64. The summed E-state index contributed by atoms with van der Waals surface area (Å²) in [6.07, 6.45) is 5.62. The summed E-state index contributed by atoms with van der Waals surface area (Å²) in [5.74, 6) is -0.584. The Hall–Kier alpha value is -2.75. The van der Waals surface area contributed by atoms with Gasteiger partial charge >= 0.3 is 0 Å². The van der Waals surface area contributed by atoms with Crippen molar-refractivity contribution in [2.45, 2.75) is 41.0 Å². The Morgan fingerprint density at radius 1 is 1.25 bits per heavy atom. The van der Waals surface area contributed by atoms with Crippen LogP contribution in [0.4, 0.5) is 4.39 Å². The van der Waals surface area contributed by atoms with E-state index in [0.717, 1.165) is 28.7 Å². The monoisotopic (exact) mass is 383 g/mol. The first-order chi connectivity index (χ1) is 13.2. The summed E-state index contributed by atoms with van der Waals surface area (Å²) in [4.78, 5) is 16.1. The summed E-state index contributed by atoms with van der Waals surface area (Å²) in [6, 6.07) is 6.20. The second-order valence-corrected chi connectivity index (χ2v) is 6.89. The molecule has 3 nitrogen and oxygen atoms in total. The fourth-order valence-corrected chi connectivity index (χ4v) is 2.83. The topological polar surface area (TPSA) is 49.7 Å². The number of benzene rings is 1. The molecule has 0 fully saturated rings. The largest absolute Gasteiger partial charge is 0.507 e. The molecule has 0 bridgehead atoms. The van der Waals surface area contributed by atoms with Gasteiger partial charge in [0.15, 0.2) is 5.78 Å². The third-order valence-corrected chi connectivity index (χ3v) is 4.34. The molecule has 0 saturated heterocycles. The molecule has 0 radical (unpaired) electrons. The predicted molar refractivity (Wildman–Crippen MR) is 116 cm³/mol. The van der Waals surface area contributed by atoms with E-state index in [1.165, 1.54) is 25.3 Å². The number of aliphatic hydroxyl groups excluding tert-OH is 1. The highest BCUT2D eigenvalue weighted by molar-refractivity contribution is 6.12. The van der Waals surface area contributed by atoms with Gasteiger partial charge in [-0.25, -0.2) is 4.39 Å². The van der Waals surface area contributed by atoms with Crippen molar-refractivity contribution in [1.82, 2.24) is 0 Å². The van der Waals surface area contributed by atoms with Gasteiger partial charge in [0.2, 0.25) is 0 Å². The lowest BCUT2D eigenvalue weighted by Crippen LogP contribution is -2.05. The third-order valence-electron chi connectivity index (χ3n) is 4.34. The van der Waals surface area contributed by atoms with Gasteiger partial charge in [-0.3, -0.25) is 9.79 Å². The number of halogens is 1. The van der Waals surface area contributed by atoms with Crippen LogP contribution in [0.15, 0.2) is 70.5 Å². The molecule has 0 aliphatic heterocycles. The minimum Gasteiger partial charge on any atom is -0.507 e. The molecule has 1 aromatic carbocycles. The molecule has 1 rings (SSSR count). The second-order valence-electron chi connectivity index (χ2n) is 6.89. The van der Waals surface area contributed by atoms with Gasteiger partial charge in [-0.05, 0) is 66.7 Å². The van der Waals surface area contributed by atoms with E-state index in [2.05, 4.69) is 11.6 Å². The van der Waals surface area contributed by atoms with Gasteiger partial charge in [0, 0.05) is 12.8 Å². The molecule has 150 valence electrons. The van der Waals surface area contributed by atoms with Crippen LogP contribution in [0, 0.1) is 11.7 Å². The van der Waals surface area contributed by atoms with Crippen LogP contribution in [0.1, 0.15) is 46.6 Å². The van der Waals surface area contributed by atoms with E-state index in [9.17, 15) is 14.3 Å². The molecule has 4 heteroatoms. The molecule has 0 amide bonds. The predicted octanol–water partition coefficient (Wildman–Crippen LogP) is 6.25. The van der Waals surface area contributed by atoms with E-state index < -0.39 is 0 Å². The number of hydrogen-bond acceptors (Lipinski definition) is 3. The molecular formula is C24H30FNO2. The molecule has 1 aromatic rings. The van der Waals surface area contributed by atoms with Crippen molar-refractivity contribution in [3.63, 3.8) is 0 Å². The smallest absolute Gasteiger partial charge is 0.165 e. The normalized spacial score (nSPS) is 14.2. The zero-order valence-electron chi connectivity index (χ0n) is 17.4. The Labute approximate surface area is 167 Å². The lowest BCUT2D eigenvalue weighted by Gasteiger charge is -2.17. The number of carbonyl (C=O) groups excluding carboxylic acids is 1. The number of Topliss-reactive ketones (excluding diaryl/α,β-unsaturated/α-hetero) is 1. The molecule has 0 heterocycles. The third kappa shape index (κ3) is 6.45. The molecule has 0 saturated carbocycles. The number of aliphatic hydroxyl groups is 1. The number of carbonyl (C=O) groups is 1. The van der Waals surface area contributed by atoms with Crippen molar-refractivity contribution in [2.75, 3.05) is 6.54 Å². The van der Waals surface area contributed by atoms with E-state index in [-0.39, 0.29) is 28.9 Å². The Morgan fingerprint density at radius 3 is 2.32 bits per heavy atom. The summed E-state index contributed by atoms with van der Waals surface area (Å²) in [5, 5.41) is 10.6. The van der Waals surface area contributed by atoms with Crippen LogP contribution in [-0.4, -0.2) is 23.6 Å². The van der Waals surface area contributed by atoms with Crippen LogP contribution >= 0.6 is 0 Å². The first kappa shape index (κ1) is 23.3. The van der Waals surface area contributed by atoms with E-state index in [4.69, 9.17) is 0 Å². The maximum absolute atomic E-state index is 13.3. The van der Waals surface area contributed by atoms with Gasteiger partial charge in [-0.1, -0.05) is 45.6 Å². The van der Waals surface area contributed by atoms with Gasteiger partial charge in [0.05, 0.1) is 5.57 Å². The van der Waals surface area contributed by atoms with Crippen LogP contribution < -0.4 is 0 Å². The summed E-state index contributed by atoms with van der Waals surface area (Å²) in [5.41, 5.74) is 3.62.